The molecule has 0 spiro atoms. The standard InChI is InChI=1S/C24H24Cl2N2O5/c1-4-24(2,3)27-19-12-21(30)28(22(19)31)16-8-5-14(6-9-16)23(32)33-13-20(29)15-7-10-17(25)18(26)11-15/h5-11,19,27H,4,12-13H2,1-3H3. The molecule has 1 N–H and O–H groups in total. The number of anilines is 1. The van der Waals surface area contributed by atoms with Crippen molar-refractivity contribution >= 4 is 52.5 Å². The number of amides is 2. The van der Waals surface area contributed by atoms with Crippen molar-refractivity contribution < 1.29 is 23.9 Å². The fourth-order valence-corrected chi connectivity index (χ4v) is 3.60. The SMILES string of the molecule is CCC(C)(C)NC1CC(=O)N(c2ccc(C(=O)OCC(=O)c3ccc(Cl)c(Cl)c3)cc2)C1=O. The molecule has 1 heterocycles. The Hall–Kier alpha value is -2.74. The Bertz CT molecular complexity index is 1100. The van der Waals surface area contributed by atoms with E-state index in [0.29, 0.717) is 10.7 Å². The number of benzene rings is 2. The van der Waals surface area contributed by atoms with Crippen molar-refractivity contribution in [2.24, 2.45) is 0 Å². The van der Waals surface area contributed by atoms with Gasteiger partial charge in [-0.3, -0.25) is 14.4 Å². The fourth-order valence-electron chi connectivity index (χ4n) is 3.30. The summed E-state index contributed by atoms with van der Waals surface area (Å²) in [7, 11) is 0. The lowest BCUT2D eigenvalue weighted by Crippen LogP contribution is -2.49. The maximum Gasteiger partial charge on any atom is 0.338 e. The van der Waals surface area contributed by atoms with Crippen molar-refractivity contribution in [3.8, 4) is 0 Å². The van der Waals surface area contributed by atoms with Crippen LogP contribution >= 0.6 is 23.2 Å². The molecule has 1 aliphatic rings. The number of nitrogens with zero attached hydrogens (tertiary/aromatic N) is 1. The highest BCUT2D eigenvalue weighted by atomic mass is 35.5. The van der Waals surface area contributed by atoms with Gasteiger partial charge in [0.25, 0.3) is 5.91 Å². The van der Waals surface area contributed by atoms with Crippen molar-refractivity contribution in [1.82, 2.24) is 5.32 Å². The van der Waals surface area contributed by atoms with E-state index in [1.165, 1.54) is 42.5 Å². The summed E-state index contributed by atoms with van der Waals surface area (Å²) in [6.45, 7) is 5.48. The van der Waals surface area contributed by atoms with E-state index in [4.69, 9.17) is 27.9 Å². The van der Waals surface area contributed by atoms with Crippen LogP contribution in [0.1, 0.15) is 54.3 Å². The maximum absolute atomic E-state index is 12.8. The Morgan fingerprint density at radius 1 is 1.06 bits per heavy atom. The van der Waals surface area contributed by atoms with E-state index in [1.54, 1.807) is 0 Å². The van der Waals surface area contributed by atoms with Crippen molar-refractivity contribution in [1.29, 1.82) is 0 Å². The second-order valence-corrected chi connectivity index (χ2v) is 9.20. The molecule has 2 aromatic carbocycles. The number of carbonyl (C=O) groups excluding carboxylic acids is 4. The largest absolute Gasteiger partial charge is 0.454 e. The summed E-state index contributed by atoms with van der Waals surface area (Å²) in [5.41, 5.74) is 0.542. The predicted octanol–water partition coefficient (Wildman–Crippen LogP) is 4.44. The Morgan fingerprint density at radius 3 is 2.30 bits per heavy atom. The molecule has 0 saturated carbocycles. The Labute approximate surface area is 202 Å². The number of rotatable bonds is 8. The van der Waals surface area contributed by atoms with Crippen LogP contribution in [-0.4, -0.2) is 41.8 Å². The summed E-state index contributed by atoms with van der Waals surface area (Å²) < 4.78 is 5.08. The van der Waals surface area contributed by atoms with Crippen LogP contribution in [0, 0.1) is 0 Å². The Kier molecular flexibility index (Phi) is 7.57. The van der Waals surface area contributed by atoms with Crippen LogP contribution in [0.25, 0.3) is 0 Å². The third-order valence-electron chi connectivity index (χ3n) is 5.53. The van der Waals surface area contributed by atoms with Crippen LogP contribution in [0.15, 0.2) is 42.5 Å². The molecule has 1 fully saturated rings. The lowest BCUT2D eigenvalue weighted by molar-refractivity contribution is -0.121. The lowest BCUT2D eigenvalue weighted by atomic mass is 10.00. The van der Waals surface area contributed by atoms with E-state index in [2.05, 4.69) is 5.32 Å². The number of hydrogen-bond donors (Lipinski definition) is 1. The zero-order chi connectivity index (χ0) is 24.3. The number of ether oxygens (including phenoxy) is 1. The van der Waals surface area contributed by atoms with Gasteiger partial charge in [-0.05, 0) is 62.7 Å². The van der Waals surface area contributed by atoms with Crippen LogP contribution in [0.5, 0.6) is 0 Å². The van der Waals surface area contributed by atoms with Gasteiger partial charge in [-0.25, -0.2) is 9.69 Å². The Balaban J connectivity index is 1.63. The first kappa shape index (κ1) is 24.9. The number of esters is 1. The number of carbonyl (C=O) groups is 4. The van der Waals surface area contributed by atoms with Gasteiger partial charge < -0.3 is 10.1 Å². The van der Waals surface area contributed by atoms with Gasteiger partial charge >= 0.3 is 5.97 Å². The lowest BCUT2D eigenvalue weighted by Gasteiger charge is -2.27. The number of ketones is 1. The van der Waals surface area contributed by atoms with Gasteiger partial charge in [0.15, 0.2) is 12.4 Å². The molecule has 0 aliphatic carbocycles. The molecule has 0 bridgehead atoms. The normalized spacial score (nSPS) is 16.3. The zero-order valence-corrected chi connectivity index (χ0v) is 20.0. The van der Waals surface area contributed by atoms with E-state index in [9.17, 15) is 19.2 Å². The molecule has 1 atom stereocenters. The van der Waals surface area contributed by atoms with Crippen LogP contribution in [0.3, 0.4) is 0 Å². The van der Waals surface area contributed by atoms with E-state index >= 15 is 0 Å². The highest BCUT2D eigenvalue weighted by Crippen LogP contribution is 2.26. The van der Waals surface area contributed by atoms with E-state index in [1.807, 2.05) is 20.8 Å². The highest BCUT2D eigenvalue weighted by Gasteiger charge is 2.41. The number of Topliss-reactive ketones (excluding diaryl/α,β-unsaturated/α-hetero) is 1. The number of halogens is 2. The predicted molar refractivity (Wildman–Crippen MR) is 126 cm³/mol. The van der Waals surface area contributed by atoms with Gasteiger partial charge in [-0.1, -0.05) is 30.1 Å². The third-order valence-corrected chi connectivity index (χ3v) is 6.27. The average Bonchev–Trinajstić information content (AvgIpc) is 3.05. The monoisotopic (exact) mass is 490 g/mol. The second kappa shape index (κ2) is 10.0. The summed E-state index contributed by atoms with van der Waals surface area (Å²) in [4.78, 5) is 50.9. The number of hydrogen-bond acceptors (Lipinski definition) is 6. The molecule has 0 radical (unpaired) electrons. The molecular weight excluding hydrogens is 467 g/mol. The minimum Gasteiger partial charge on any atom is -0.454 e. The van der Waals surface area contributed by atoms with Gasteiger partial charge in [0.1, 0.15) is 0 Å². The Morgan fingerprint density at radius 2 is 1.70 bits per heavy atom. The van der Waals surface area contributed by atoms with Gasteiger partial charge in [-0.2, -0.15) is 0 Å². The summed E-state index contributed by atoms with van der Waals surface area (Å²) in [6.07, 6.45) is 0.873. The smallest absolute Gasteiger partial charge is 0.338 e. The maximum atomic E-state index is 12.8. The topological polar surface area (TPSA) is 92.8 Å². The summed E-state index contributed by atoms with van der Waals surface area (Å²) in [5.74, 6) is -1.78. The first-order chi connectivity index (χ1) is 15.5. The van der Waals surface area contributed by atoms with Crippen LogP contribution in [0.4, 0.5) is 5.69 Å². The van der Waals surface area contributed by atoms with E-state index < -0.39 is 24.4 Å². The molecular formula is C24H24Cl2N2O5. The van der Waals surface area contributed by atoms with Crippen molar-refractivity contribution in [3.05, 3.63) is 63.6 Å². The molecule has 2 amide bonds. The third kappa shape index (κ3) is 5.79. The molecule has 0 aromatic heterocycles. The van der Waals surface area contributed by atoms with Gasteiger partial charge in [-0.15, -0.1) is 0 Å². The molecule has 9 heteroatoms. The van der Waals surface area contributed by atoms with Gasteiger partial charge in [0, 0.05) is 11.1 Å². The number of nitrogens with one attached hydrogen (secondary N) is 1. The summed E-state index contributed by atoms with van der Waals surface area (Å²) >= 11 is 11.7. The van der Waals surface area contributed by atoms with E-state index in [0.717, 1.165) is 11.3 Å². The summed E-state index contributed by atoms with van der Waals surface area (Å²) in [5, 5.41) is 3.77. The molecule has 1 unspecified atom stereocenters. The van der Waals surface area contributed by atoms with E-state index in [-0.39, 0.29) is 39.9 Å². The first-order valence-corrected chi connectivity index (χ1v) is 11.2. The molecule has 3 rings (SSSR count). The quantitative estimate of drug-likeness (QED) is 0.334. The molecule has 1 aliphatic heterocycles. The first-order valence-electron chi connectivity index (χ1n) is 10.4. The minimum absolute atomic E-state index is 0.0723. The van der Waals surface area contributed by atoms with Crippen molar-refractivity contribution in [3.63, 3.8) is 0 Å². The fraction of sp³-hybridized carbons (Fsp3) is 0.333. The average molecular weight is 491 g/mol. The van der Waals surface area contributed by atoms with Gasteiger partial charge in [0.2, 0.25) is 5.91 Å². The second-order valence-electron chi connectivity index (χ2n) is 8.38. The summed E-state index contributed by atoms with van der Waals surface area (Å²) in [6, 6.07) is 9.68. The van der Waals surface area contributed by atoms with Crippen LogP contribution < -0.4 is 10.2 Å². The zero-order valence-electron chi connectivity index (χ0n) is 18.5. The van der Waals surface area contributed by atoms with Crippen LogP contribution in [-0.2, 0) is 14.3 Å². The van der Waals surface area contributed by atoms with Gasteiger partial charge in [0.05, 0.1) is 33.8 Å². The van der Waals surface area contributed by atoms with Crippen molar-refractivity contribution in [2.45, 2.75) is 45.2 Å². The van der Waals surface area contributed by atoms with Crippen molar-refractivity contribution in [2.75, 3.05) is 11.5 Å². The number of imide groups is 1. The molecule has 7 nitrogen and oxygen atoms in total. The minimum atomic E-state index is -0.710. The molecule has 174 valence electrons. The van der Waals surface area contributed by atoms with Crippen LogP contribution in [0.2, 0.25) is 10.0 Å². The highest BCUT2D eigenvalue weighted by molar-refractivity contribution is 6.42. The molecule has 33 heavy (non-hydrogen) atoms. The molecule has 1 saturated heterocycles. The molecule has 2 aromatic rings.